The summed E-state index contributed by atoms with van der Waals surface area (Å²) in [5.41, 5.74) is 2.33. The average Bonchev–Trinajstić information content (AvgIpc) is 2.04. The lowest BCUT2D eigenvalue weighted by Crippen LogP contribution is -2.18. The number of hydrogen-bond acceptors (Lipinski definition) is 2. The van der Waals surface area contributed by atoms with Crippen molar-refractivity contribution in [1.82, 2.24) is 0 Å². The van der Waals surface area contributed by atoms with Crippen molar-refractivity contribution >= 4 is 21.6 Å². The maximum absolute atomic E-state index is 5.50. The van der Waals surface area contributed by atoms with Crippen molar-refractivity contribution in [2.45, 2.75) is 6.92 Å². The molecule has 0 aromatic heterocycles. The summed E-state index contributed by atoms with van der Waals surface area (Å²) >= 11 is 3.47. The summed E-state index contributed by atoms with van der Waals surface area (Å²) < 4.78 is 6.53. The first-order chi connectivity index (χ1) is 5.77. The number of benzene rings is 1. The summed E-state index contributed by atoms with van der Waals surface area (Å²) in [6.45, 7) is 3.71. The van der Waals surface area contributed by atoms with Gasteiger partial charge in [-0.15, -0.1) is 0 Å². The molecular weight excluding hydrogens is 218 g/mol. The van der Waals surface area contributed by atoms with Gasteiger partial charge in [0.2, 0.25) is 0 Å². The van der Waals surface area contributed by atoms with Gasteiger partial charge in [0, 0.05) is 6.54 Å². The standard InChI is InChI=1S/C9H10BrNO/c1-6-4-7(10)9-8(5-6)11-2-3-12-9/h4-5,11H,2-3H2,1H3. The van der Waals surface area contributed by atoms with E-state index < -0.39 is 0 Å². The average molecular weight is 228 g/mol. The highest BCUT2D eigenvalue weighted by Gasteiger charge is 2.12. The van der Waals surface area contributed by atoms with Gasteiger partial charge in [-0.1, -0.05) is 0 Å². The van der Waals surface area contributed by atoms with Crippen LogP contribution in [0, 0.1) is 6.92 Å². The smallest absolute Gasteiger partial charge is 0.156 e. The fraction of sp³-hybridized carbons (Fsp3) is 0.333. The zero-order chi connectivity index (χ0) is 8.55. The molecule has 1 aliphatic heterocycles. The maximum atomic E-state index is 5.50. The molecule has 0 unspecified atom stereocenters. The summed E-state index contributed by atoms with van der Waals surface area (Å²) in [6.07, 6.45) is 0. The molecule has 0 atom stereocenters. The molecule has 2 nitrogen and oxygen atoms in total. The molecule has 2 rings (SSSR count). The highest BCUT2D eigenvalue weighted by Crippen LogP contribution is 2.36. The van der Waals surface area contributed by atoms with Crippen molar-refractivity contribution < 1.29 is 4.74 Å². The van der Waals surface area contributed by atoms with Crippen LogP contribution in [0.1, 0.15) is 5.56 Å². The topological polar surface area (TPSA) is 21.3 Å². The Morgan fingerprint density at radius 3 is 3.17 bits per heavy atom. The summed E-state index contributed by atoms with van der Waals surface area (Å²) in [7, 11) is 0. The SMILES string of the molecule is Cc1cc(Br)c2c(c1)NCCO2. The van der Waals surface area contributed by atoms with Crippen molar-refractivity contribution in [1.29, 1.82) is 0 Å². The Kier molecular flexibility index (Phi) is 1.97. The molecule has 64 valence electrons. The van der Waals surface area contributed by atoms with Crippen LogP contribution in [0.2, 0.25) is 0 Å². The van der Waals surface area contributed by atoms with Gasteiger partial charge in [0.05, 0.1) is 10.2 Å². The molecule has 0 saturated heterocycles. The van der Waals surface area contributed by atoms with Crippen LogP contribution in [-0.2, 0) is 0 Å². The molecule has 0 amide bonds. The Morgan fingerprint density at radius 1 is 1.50 bits per heavy atom. The van der Waals surface area contributed by atoms with Gasteiger partial charge in [-0.25, -0.2) is 0 Å². The summed E-state index contributed by atoms with van der Waals surface area (Å²) in [4.78, 5) is 0. The minimum Gasteiger partial charge on any atom is -0.488 e. The summed E-state index contributed by atoms with van der Waals surface area (Å²) in [5.74, 6) is 0.937. The lowest BCUT2D eigenvalue weighted by atomic mass is 10.2. The zero-order valence-corrected chi connectivity index (χ0v) is 8.44. The number of anilines is 1. The monoisotopic (exact) mass is 227 g/mol. The van der Waals surface area contributed by atoms with Gasteiger partial charge in [-0.2, -0.15) is 0 Å². The van der Waals surface area contributed by atoms with E-state index in [2.05, 4.69) is 40.3 Å². The Hall–Kier alpha value is -0.700. The van der Waals surface area contributed by atoms with Crippen LogP contribution >= 0.6 is 15.9 Å². The van der Waals surface area contributed by atoms with Crippen molar-refractivity contribution in [3.05, 3.63) is 22.2 Å². The second kappa shape index (κ2) is 2.98. The van der Waals surface area contributed by atoms with Crippen LogP contribution < -0.4 is 10.1 Å². The van der Waals surface area contributed by atoms with E-state index in [0.29, 0.717) is 0 Å². The first-order valence-electron chi connectivity index (χ1n) is 3.94. The van der Waals surface area contributed by atoms with Crippen LogP contribution in [-0.4, -0.2) is 13.2 Å². The van der Waals surface area contributed by atoms with Gasteiger partial charge in [0.15, 0.2) is 5.75 Å². The third kappa shape index (κ3) is 1.29. The zero-order valence-electron chi connectivity index (χ0n) is 6.86. The second-order valence-corrected chi connectivity index (χ2v) is 3.75. The van der Waals surface area contributed by atoms with Crippen LogP contribution in [0.15, 0.2) is 16.6 Å². The highest BCUT2D eigenvalue weighted by molar-refractivity contribution is 9.10. The minimum atomic E-state index is 0.745. The summed E-state index contributed by atoms with van der Waals surface area (Å²) in [5, 5.41) is 3.29. The number of nitrogens with one attached hydrogen (secondary N) is 1. The Bertz CT molecular complexity index is 312. The molecule has 1 heterocycles. The van der Waals surface area contributed by atoms with E-state index in [9.17, 15) is 0 Å². The number of hydrogen-bond donors (Lipinski definition) is 1. The number of ether oxygens (including phenoxy) is 1. The van der Waals surface area contributed by atoms with Gasteiger partial charge in [0.1, 0.15) is 6.61 Å². The van der Waals surface area contributed by atoms with E-state index in [-0.39, 0.29) is 0 Å². The molecule has 0 spiro atoms. The molecule has 0 bridgehead atoms. The van der Waals surface area contributed by atoms with Crippen LogP contribution in [0.25, 0.3) is 0 Å². The third-order valence-electron chi connectivity index (χ3n) is 1.85. The van der Waals surface area contributed by atoms with Crippen molar-refractivity contribution in [2.24, 2.45) is 0 Å². The van der Waals surface area contributed by atoms with Crippen molar-refractivity contribution in [2.75, 3.05) is 18.5 Å². The first-order valence-corrected chi connectivity index (χ1v) is 4.73. The number of halogens is 1. The minimum absolute atomic E-state index is 0.745. The third-order valence-corrected chi connectivity index (χ3v) is 2.44. The maximum Gasteiger partial charge on any atom is 0.156 e. The van der Waals surface area contributed by atoms with Gasteiger partial charge in [0.25, 0.3) is 0 Å². The predicted molar refractivity (Wildman–Crippen MR) is 52.9 cm³/mol. The number of fused-ring (bicyclic) bond motifs is 1. The first kappa shape index (κ1) is 7.92. The molecule has 1 aromatic carbocycles. The van der Waals surface area contributed by atoms with Crippen LogP contribution in [0.5, 0.6) is 5.75 Å². The summed E-state index contributed by atoms with van der Waals surface area (Å²) in [6, 6.07) is 4.16. The van der Waals surface area contributed by atoms with E-state index in [0.717, 1.165) is 29.1 Å². The molecule has 0 radical (unpaired) electrons. The van der Waals surface area contributed by atoms with E-state index in [1.165, 1.54) is 5.56 Å². The van der Waals surface area contributed by atoms with Crippen molar-refractivity contribution in [3.63, 3.8) is 0 Å². The van der Waals surface area contributed by atoms with E-state index in [4.69, 9.17) is 4.74 Å². The molecule has 1 N–H and O–H groups in total. The van der Waals surface area contributed by atoms with Gasteiger partial charge in [-0.3, -0.25) is 0 Å². The molecule has 1 aromatic rings. The highest BCUT2D eigenvalue weighted by atomic mass is 79.9. The Morgan fingerprint density at radius 2 is 2.33 bits per heavy atom. The molecule has 12 heavy (non-hydrogen) atoms. The van der Waals surface area contributed by atoms with E-state index in [1.54, 1.807) is 0 Å². The van der Waals surface area contributed by atoms with Gasteiger partial charge >= 0.3 is 0 Å². The number of aryl methyl sites for hydroxylation is 1. The fourth-order valence-corrected chi connectivity index (χ4v) is 2.03. The predicted octanol–water partition coefficient (Wildman–Crippen LogP) is 2.56. The Balaban J connectivity index is 2.53. The van der Waals surface area contributed by atoms with Gasteiger partial charge in [-0.05, 0) is 40.5 Å². The van der Waals surface area contributed by atoms with E-state index in [1.807, 2.05) is 0 Å². The van der Waals surface area contributed by atoms with Crippen LogP contribution in [0.4, 0.5) is 5.69 Å². The lowest BCUT2D eigenvalue weighted by Gasteiger charge is -2.20. The molecule has 1 aliphatic rings. The Labute approximate surface area is 80.1 Å². The quantitative estimate of drug-likeness (QED) is 0.736. The molecule has 0 fully saturated rings. The second-order valence-electron chi connectivity index (χ2n) is 2.90. The lowest BCUT2D eigenvalue weighted by molar-refractivity contribution is 0.321. The molecule has 0 aliphatic carbocycles. The molecule has 0 saturated carbocycles. The molecule has 3 heteroatoms. The normalized spacial score (nSPS) is 14.5. The van der Waals surface area contributed by atoms with Gasteiger partial charge < -0.3 is 10.1 Å². The van der Waals surface area contributed by atoms with E-state index >= 15 is 0 Å². The van der Waals surface area contributed by atoms with Crippen LogP contribution in [0.3, 0.4) is 0 Å². The molecular formula is C9H10BrNO. The largest absolute Gasteiger partial charge is 0.488 e. The fourth-order valence-electron chi connectivity index (χ4n) is 1.35. The van der Waals surface area contributed by atoms with Crippen molar-refractivity contribution in [3.8, 4) is 5.75 Å². The number of rotatable bonds is 0.